The maximum Gasteiger partial charge on any atom is 0.161 e. The lowest BCUT2D eigenvalue weighted by atomic mass is 10.1. The first-order chi connectivity index (χ1) is 11.4. The second-order valence-corrected chi connectivity index (χ2v) is 5.52. The molecule has 0 spiro atoms. The lowest BCUT2D eigenvalue weighted by molar-refractivity contribution is 0.280. The van der Waals surface area contributed by atoms with E-state index in [2.05, 4.69) is 34.5 Å². The number of hydrogen-bond donors (Lipinski definition) is 1. The number of fused-ring (bicyclic) bond motifs is 1. The molecule has 3 rings (SSSR count). The molecule has 0 saturated carbocycles. The van der Waals surface area contributed by atoms with Gasteiger partial charge in [-0.15, -0.1) is 12.4 Å². The van der Waals surface area contributed by atoms with Gasteiger partial charge in [0.2, 0.25) is 0 Å². The van der Waals surface area contributed by atoms with Gasteiger partial charge < -0.3 is 19.7 Å². The summed E-state index contributed by atoms with van der Waals surface area (Å²) in [5, 5.41) is 3.46. The molecule has 1 heterocycles. The number of nitrogens with one attached hydrogen (secondary N) is 1. The van der Waals surface area contributed by atoms with Crippen LogP contribution in [-0.2, 0) is 6.54 Å². The second kappa shape index (κ2) is 9.40. The summed E-state index contributed by atoms with van der Waals surface area (Å²) in [5.74, 6) is 1.63. The van der Waals surface area contributed by atoms with Gasteiger partial charge in [-0.05, 0) is 30.7 Å². The smallest absolute Gasteiger partial charge is 0.161 e. The third kappa shape index (κ3) is 4.56. The molecule has 0 aliphatic carbocycles. The van der Waals surface area contributed by atoms with E-state index in [0.717, 1.165) is 37.7 Å². The molecular weight excluding hydrogens is 324 g/mol. The Hall–Kier alpha value is -1.91. The highest BCUT2D eigenvalue weighted by atomic mass is 35.5. The Morgan fingerprint density at radius 2 is 1.71 bits per heavy atom. The number of benzene rings is 2. The SMILES string of the molecule is CCOc1ccccc1OCCN1CCNCc2ccccc21.Cl. The summed E-state index contributed by atoms with van der Waals surface area (Å²) >= 11 is 0. The van der Waals surface area contributed by atoms with Crippen LogP contribution in [0, 0.1) is 0 Å². The first-order valence-electron chi connectivity index (χ1n) is 8.26. The van der Waals surface area contributed by atoms with Gasteiger partial charge in [-0.25, -0.2) is 0 Å². The van der Waals surface area contributed by atoms with Gasteiger partial charge >= 0.3 is 0 Å². The topological polar surface area (TPSA) is 33.7 Å². The first kappa shape index (κ1) is 18.4. The molecule has 0 aromatic heterocycles. The minimum absolute atomic E-state index is 0. The van der Waals surface area contributed by atoms with Gasteiger partial charge in [-0.3, -0.25) is 0 Å². The quantitative estimate of drug-likeness (QED) is 0.866. The summed E-state index contributed by atoms with van der Waals surface area (Å²) in [7, 11) is 0. The van der Waals surface area contributed by atoms with E-state index in [-0.39, 0.29) is 12.4 Å². The molecule has 0 bridgehead atoms. The number of anilines is 1. The Kier molecular flexibility index (Phi) is 7.22. The second-order valence-electron chi connectivity index (χ2n) is 5.52. The molecule has 5 heteroatoms. The maximum atomic E-state index is 5.96. The van der Waals surface area contributed by atoms with Crippen LogP contribution >= 0.6 is 12.4 Å². The summed E-state index contributed by atoms with van der Waals surface area (Å²) in [5.41, 5.74) is 2.65. The first-order valence-corrected chi connectivity index (χ1v) is 8.26. The van der Waals surface area contributed by atoms with Crippen LogP contribution in [0.25, 0.3) is 0 Å². The Morgan fingerprint density at radius 3 is 2.50 bits per heavy atom. The van der Waals surface area contributed by atoms with Crippen LogP contribution < -0.4 is 19.7 Å². The molecule has 1 aliphatic heterocycles. The molecule has 0 fully saturated rings. The number of para-hydroxylation sites is 3. The van der Waals surface area contributed by atoms with Crippen molar-refractivity contribution in [3.63, 3.8) is 0 Å². The van der Waals surface area contributed by atoms with Crippen molar-refractivity contribution in [3.05, 3.63) is 54.1 Å². The van der Waals surface area contributed by atoms with Crippen LogP contribution in [0.4, 0.5) is 5.69 Å². The Balaban J connectivity index is 0.00000208. The molecular formula is C19H25ClN2O2. The van der Waals surface area contributed by atoms with Crippen molar-refractivity contribution in [2.24, 2.45) is 0 Å². The third-order valence-corrected chi connectivity index (χ3v) is 3.97. The van der Waals surface area contributed by atoms with Crippen LogP contribution in [0.5, 0.6) is 11.5 Å². The third-order valence-electron chi connectivity index (χ3n) is 3.97. The monoisotopic (exact) mass is 348 g/mol. The number of nitrogens with zero attached hydrogens (tertiary/aromatic N) is 1. The standard InChI is InChI=1S/C19H24N2O2.ClH/c1-2-22-18-9-5-6-10-19(18)23-14-13-21-12-11-20-15-16-7-3-4-8-17(16)21;/h3-10,20H,2,11-15H2,1H3;1H. The average Bonchev–Trinajstić information content (AvgIpc) is 2.79. The molecule has 0 atom stereocenters. The van der Waals surface area contributed by atoms with Gasteiger partial charge in [-0.2, -0.15) is 0 Å². The fraction of sp³-hybridized carbons (Fsp3) is 0.368. The van der Waals surface area contributed by atoms with Gasteiger partial charge in [0.1, 0.15) is 6.61 Å². The van der Waals surface area contributed by atoms with Crippen LogP contribution in [0.15, 0.2) is 48.5 Å². The summed E-state index contributed by atoms with van der Waals surface area (Å²) < 4.78 is 11.6. The highest BCUT2D eigenvalue weighted by Crippen LogP contribution is 2.27. The van der Waals surface area contributed by atoms with E-state index >= 15 is 0 Å². The van der Waals surface area contributed by atoms with Crippen molar-refractivity contribution in [1.82, 2.24) is 5.32 Å². The predicted octanol–water partition coefficient (Wildman–Crippen LogP) is 3.50. The molecule has 0 unspecified atom stereocenters. The zero-order chi connectivity index (χ0) is 15.9. The van der Waals surface area contributed by atoms with E-state index in [4.69, 9.17) is 9.47 Å². The van der Waals surface area contributed by atoms with Crippen LogP contribution in [0.3, 0.4) is 0 Å². The normalized spacial score (nSPS) is 13.5. The Morgan fingerprint density at radius 1 is 1.00 bits per heavy atom. The molecule has 2 aromatic carbocycles. The van der Waals surface area contributed by atoms with Gasteiger partial charge in [0.05, 0.1) is 13.2 Å². The van der Waals surface area contributed by atoms with Crippen molar-refractivity contribution < 1.29 is 9.47 Å². The Bertz CT molecular complexity index is 636. The van der Waals surface area contributed by atoms with Crippen LogP contribution in [0.2, 0.25) is 0 Å². The molecule has 1 aliphatic rings. The average molecular weight is 349 g/mol. The lowest BCUT2D eigenvalue weighted by Crippen LogP contribution is -2.32. The van der Waals surface area contributed by atoms with Crippen molar-refractivity contribution in [1.29, 1.82) is 0 Å². The minimum atomic E-state index is 0. The van der Waals surface area contributed by atoms with Gasteiger partial charge in [0, 0.05) is 25.3 Å². The van der Waals surface area contributed by atoms with E-state index in [1.54, 1.807) is 0 Å². The van der Waals surface area contributed by atoms with E-state index in [0.29, 0.717) is 13.2 Å². The molecule has 1 N–H and O–H groups in total. The van der Waals surface area contributed by atoms with Gasteiger partial charge in [-0.1, -0.05) is 30.3 Å². The number of rotatable bonds is 6. The summed E-state index contributed by atoms with van der Waals surface area (Å²) in [6.45, 7) is 7.04. The zero-order valence-electron chi connectivity index (χ0n) is 14.0. The van der Waals surface area contributed by atoms with E-state index in [9.17, 15) is 0 Å². The van der Waals surface area contributed by atoms with E-state index < -0.39 is 0 Å². The molecule has 0 amide bonds. The largest absolute Gasteiger partial charge is 0.490 e. The van der Waals surface area contributed by atoms with Crippen molar-refractivity contribution >= 4 is 18.1 Å². The fourth-order valence-corrected chi connectivity index (χ4v) is 2.87. The Labute approximate surface area is 150 Å². The van der Waals surface area contributed by atoms with E-state index in [1.165, 1.54) is 11.3 Å². The molecule has 0 radical (unpaired) electrons. The highest BCUT2D eigenvalue weighted by molar-refractivity contribution is 5.85. The summed E-state index contributed by atoms with van der Waals surface area (Å²) in [4.78, 5) is 2.39. The minimum Gasteiger partial charge on any atom is -0.490 e. The molecule has 2 aromatic rings. The van der Waals surface area contributed by atoms with Crippen molar-refractivity contribution in [2.75, 3.05) is 37.7 Å². The van der Waals surface area contributed by atoms with Crippen LogP contribution in [-0.4, -0.2) is 32.8 Å². The molecule has 24 heavy (non-hydrogen) atoms. The lowest BCUT2D eigenvalue weighted by Gasteiger charge is -2.24. The summed E-state index contributed by atoms with van der Waals surface area (Å²) in [6.07, 6.45) is 0. The summed E-state index contributed by atoms with van der Waals surface area (Å²) in [6, 6.07) is 16.4. The number of ether oxygens (including phenoxy) is 2. The van der Waals surface area contributed by atoms with Crippen molar-refractivity contribution in [2.45, 2.75) is 13.5 Å². The number of halogens is 1. The zero-order valence-corrected chi connectivity index (χ0v) is 14.8. The fourth-order valence-electron chi connectivity index (χ4n) is 2.87. The van der Waals surface area contributed by atoms with Gasteiger partial charge in [0.15, 0.2) is 11.5 Å². The van der Waals surface area contributed by atoms with Gasteiger partial charge in [0.25, 0.3) is 0 Å². The highest BCUT2D eigenvalue weighted by Gasteiger charge is 2.14. The van der Waals surface area contributed by atoms with Crippen LogP contribution in [0.1, 0.15) is 12.5 Å². The predicted molar refractivity (Wildman–Crippen MR) is 101 cm³/mol. The molecule has 4 nitrogen and oxygen atoms in total. The maximum absolute atomic E-state index is 5.96. The van der Waals surface area contributed by atoms with E-state index in [1.807, 2.05) is 31.2 Å². The van der Waals surface area contributed by atoms with Crippen molar-refractivity contribution in [3.8, 4) is 11.5 Å². The molecule has 0 saturated heterocycles. The number of hydrogen-bond acceptors (Lipinski definition) is 4. The molecule has 130 valence electrons.